The van der Waals surface area contributed by atoms with Crippen LogP contribution in [-0.2, 0) is 9.59 Å². The summed E-state index contributed by atoms with van der Waals surface area (Å²) in [5, 5.41) is 3.69. The molecule has 0 radical (unpaired) electrons. The van der Waals surface area contributed by atoms with Crippen molar-refractivity contribution >= 4 is 11.8 Å². The van der Waals surface area contributed by atoms with Gasteiger partial charge in [-0.1, -0.05) is 33.1 Å². The maximum absolute atomic E-state index is 12.5. The Balaban J connectivity index is 1.77. The molecule has 2 saturated heterocycles. The van der Waals surface area contributed by atoms with Crippen LogP contribution < -0.4 is 5.32 Å². The van der Waals surface area contributed by atoms with E-state index in [0.29, 0.717) is 6.42 Å². The van der Waals surface area contributed by atoms with Crippen molar-refractivity contribution in [1.82, 2.24) is 10.2 Å². The van der Waals surface area contributed by atoms with Crippen molar-refractivity contribution in [3.63, 3.8) is 0 Å². The summed E-state index contributed by atoms with van der Waals surface area (Å²) in [5.74, 6) is 0.0817. The topological polar surface area (TPSA) is 49.4 Å². The van der Waals surface area contributed by atoms with Crippen molar-refractivity contribution in [3.05, 3.63) is 0 Å². The summed E-state index contributed by atoms with van der Waals surface area (Å²) in [6.45, 7) is 4.72. The molecule has 1 spiro atoms. The minimum absolute atomic E-state index is 0.0397. The lowest BCUT2D eigenvalue weighted by Gasteiger charge is -2.46. The van der Waals surface area contributed by atoms with Crippen LogP contribution in [0.4, 0.5) is 0 Å². The summed E-state index contributed by atoms with van der Waals surface area (Å²) >= 11 is 0. The van der Waals surface area contributed by atoms with Crippen LogP contribution in [-0.4, -0.2) is 34.8 Å². The van der Waals surface area contributed by atoms with Crippen molar-refractivity contribution in [2.45, 2.75) is 76.8 Å². The second-order valence-electron chi connectivity index (χ2n) is 7.54. The third-order valence-electron chi connectivity index (χ3n) is 5.44. The van der Waals surface area contributed by atoms with Crippen LogP contribution in [0.2, 0.25) is 0 Å². The van der Waals surface area contributed by atoms with E-state index in [0.717, 1.165) is 19.4 Å². The summed E-state index contributed by atoms with van der Waals surface area (Å²) in [7, 11) is 0. The normalized spacial score (nSPS) is 32.9. The Morgan fingerprint density at radius 1 is 1.15 bits per heavy atom. The SMILES string of the molecule is CC1(C)CC(=O)N(C2CCNC3(CCCCC3)C2)C1=O. The highest BCUT2D eigenvalue weighted by Crippen LogP contribution is 2.40. The van der Waals surface area contributed by atoms with Crippen LogP contribution >= 0.6 is 0 Å². The van der Waals surface area contributed by atoms with Crippen LogP contribution in [0.25, 0.3) is 0 Å². The van der Waals surface area contributed by atoms with Gasteiger partial charge in [-0.3, -0.25) is 14.5 Å². The van der Waals surface area contributed by atoms with Gasteiger partial charge >= 0.3 is 0 Å². The van der Waals surface area contributed by atoms with Crippen LogP contribution in [0.15, 0.2) is 0 Å². The number of likely N-dealkylation sites (tertiary alicyclic amines) is 1. The molecule has 3 fully saturated rings. The van der Waals surface area contributed by atoms with Gasteiger partial charge in [-0.05, 0) is 32.2 Å². The highest BCUT2D eigenvalue weighted by molar-refractivity contribution is 6.05. The Kier molecular flexibility index (Phi) is 3.39. The molecule has 20 heavy (non-hydrogen) atoms. The lowest BCUT2D eigenvalue weighted by atomic mass is 9.74. The first-order chi connectivity index (χ1) is 9.44. The number of amides is 2. The highest BCUT2D eigenvalue weighted by Gasteiger charge is 2.50. The molecule has 3 rings (SSSR count). The fourth-order valence-corrected chi connectivity index (χ4v) is 4.31. The zero-order valence-electron chi connectivity index (χ0n) is 12.7. The van der Waals surface area contributed by atoms with E-state index >= 15 is 0 Å². The molecule has 112 valence electrons. The molecular formula is C16H26N2O2. The van der Waals surface area contributed by atoms with E-state index < -0.39 is 5.41 Å². The molecule has 4 heteroatoms. The molecule has 0 aromatic rings. The minimum atomic E-state index is -0.498. The second-order valence-corrected chi connectivity index (χ2v) is 7.54. The first-order valence-corrected chi connectivity index (χ1v) is 8.05. The molecule has 0 aromatic heterocycles. The van der Waals surface area contributed by atoms with Crippen molar-refractivity contribution in [3.8, 4) is 0 Å². The van der Waals surface area contributed by atoms with E-state index in [-0.39, 0.29) is 23.4 Å². The quantitative estimate of drug-likeness (QED) is 0.748. The molecule has 1 aliphatic carbocycles. The van der Waals surface area contributed by atoms with Gasteiger partial charge in [-0.25, -0.2) is 0 Å². The summed E-state index contributed by atoms with van der Waals surface area (Å²) in [6.07, 6.45) is 8.51. The molecule has 0 aromatic carbocycles. The largest absolute Gasteiger partial charge is 0.311 e. The van der Waals surface area contributed by atoms with Gasteiger partial charge in [-0.15, -0.1) is 0 Å². The van der Waals surface area contributed by atoms with Gasteiger partial charge in [0.25, 0.3) is 0 Å². The Labute approximate surface area is 121 Å². The van der Waals surface area contributed by atoms with Crippen molar-refractivity contribution in [2.75, 3.05) is 6.54 Å². The zero-order valence-corrected chi connectivity index (χ0v) is 12.7. The average molecular weight is 278 g/mol. The van der Waals surface area contributed by atoms with Gasteiger partial charge in [0.05, 0.1) is 5.41 Å². The van der Waals surface area contributed by atoms with Gasteiger partial charge in [-0.2, -0.15) is 0 Å². The first kappa shape index (κ1) is 14.1. The molecule has 2 heterocycles. The Hall–Kier alpha value is -0.900. The van der Waals surface area contributed by atoms with Crippen LogP contribution in [0.1, 0.15) is 65.2 Å². The first-order valence-electron chi connectivity index (χ1n) is 8.05. The fraction of sp³-hybridized carbons (Fsp3) is 0.875. The molecular weight excluding hydrogens is 252 g/mol. The smallest absolute Gasteiger partial charge is 0.235 e. The van der Waals surface area contributed by atoms with Crippen molar-refractivity contribution < 1.29 is 9.59 Å². The van der Waals surface area contributed by atoms with Gasteiger partial charge in [0.1, 0.15) is 0 Å². The van der Waals surface area contributed by atoms with Gasteiger partial charge < -0.3 is 5.32 Å². The molecule has 2 amide bonds. The summed E-state index contributed by atoms with van der Waals surface area (Å²) < 4.78 is 0. The lowest BCUT2D eigenvalue weighted by molar-refractivity contribution is -0.144. The van der Waals surface area contributed by atoms with E-state index in [2.05, 4.69) is 5.32 Å². The van der Waals surface area contributed by atoms with Crippen molar-refractivity contribution in [1.29, 1.82) is 0 Å². The van der Waals surface area contributed by atoms with E-state index in [1.165, 1.54) is 32.1 Å². The molecule has 2 aliphatic heterocycles. The van der Waals surface area contributed by atoms with Crippen LogP contribution in [0.3, 0.4) is 0 Å². The predicted octanol–water partition coefficient (Wildman–Crippen LogP) is 2.23. The lowest BCUT2D eigenvalue weighted by Crippen LogP contribution is -2.58. The number of hydrogen-bond acceptors (Lipinski definition) is 3. The number of rotatable bonds is 1. The van der Waals surface area contributed by atoms with Crippen LogP contribution in [0, 0.1) is 5.41 Å². The summed E-state index contributed by atoms with van der Waals surface area (Å²) in [6, 6.07) is 0.121. The Morgan fingerprint density at radius 2 is 1.85 bits per heavy atom. The number of nitrogens with zero attached hydrogens (tertiary/aromatic N) is 1. The Morgan fingerprint density at radius 3 is 2.45 bits per heavy atom. The number of hydrogen-bond donors (Lipinski definition) is 1. The van der Waals surface area contributed by atoms with Gasteiger partial charge in [0.2, 0.25) is 11.8 Å². The monoisotopic (exact) mass is 278 g/mol. The number of nitrogens with one attached hydrogen (secondary N) is 1. The van der Waals surface area contributed by atoms with Gasteiger partial charge in [0.15, 0.2) is 0 Å². The highest BCUT2D eigenvalue weighted by atomic mass is 16.2. The van der Waals surface area contributed by atoms with Crippen molar-refractivity contribution in [2.24, 2.45) is 5.41 Å². The van der Waals surface area contributed by atoms with Crippen LogP contribution in [0.5, 0.6) is 0 Å². The maximum atomic E-state index is 12.5. The molecule has 3 aliphatic rings. The Bertz CT molecular complexity index is 419. The molecule has 1 N–H and O–H groups in total. The van der Waals surface area contributed by atoms with E-state index in [1.807, 2.05) is 13.8 Å². The van der Waals surface area contributed by atoms with E-state index in [1.54, 1.807) is 4.90 Å². The molecule has 4 nitrogen and oxygen atoms in total. The predicted molar refractivity (Wildman–Crippen MR) is 77.1 cm³/mol. The van der Waals surface area contributed by atoms with E-state index in [9.17, 15) is 9.59 Å². The standard InChI is InChI=1S/C16H26N2O2/c1-15(2)11-13(19)18(14(15)20)12-6-9-17-16(10-12)7-4-3-5-8-16/h12,17H,3-11H2,1-2H3. The summed E-state index contributed by atoms with van der Waals surface area (Å²) in [5.41, 5.74) is -0.309. The van der Waals surface area contributed by atoms with Gasteiger partial charge in [0, 0.05) is 18.0 Å². The molecule has 1 unspecified atom stereocenters. The third-order valence-corrected chi connectivity index (χ3v) is 5.44. The number of piperidine rings is 1. The second kappa shape index (κ2) is 4.83. The number of carbonyl (C=O) groups is 2. The number of carbonyl (C=O) groups excluding carboxylic acids is 2. The fourth-order valence-electron chi connectivity index (χ4n) is 4.31. The molecule has 1 atom stereocenters. The number of imide groups is 1. The summed E-state index contributed by atoms with van der Waals surface area (Å²) in [4.78, 5) is 26.4. The average Bonchev–Trinajstić information content (AvgIpc) is 2.59. The zero-order chi connectivity index (χ0) is 14.4. The third kappa shape index (κ3) is 2.28. The minimum Gasteiger partial charge on any atom is -0.311 e. The van der Waals surface area contributed by atoms with E-state index in [4.69, 9.17) is 0 Å². The molecule has 1 saturated carbocycles. The molecule has 0 bridgehead atoms. The maximum Gasteiger partial charge on any atom is 0.235 e.